The van der Waals surface area contributed by atoms with Gasteiger partial charge in [-0.25, -0.2) is 4.39 Å². The summed E-state index contributed by atoms with van der Waals surface area (Å²) in [5.74, 6) is -0.636. The molecule has 23 heavy (non-hydrogen) atoms. The van der Waals surface area contributed by atoms with Crippen molar-refractivity contribution in [3.63, 3.8) is 0 Å². The molecule has 6 heteroatoms. The van der Waals surface area contributed by atoms with Gasteiger partial charge in [0.2, 0.25) is 5.78 Å². The molecule has 0 spiro atoms. The molecule has 1 unspecified atom stereocenters. The zero-order chi connectivity index (χ0) is 17.3. The molecule has 1 aromatic carbocycles. The number of aliphatic hydroxyl groups is 1. The number of rotatable bonds is 6. The van der Waals surface area contributed by atoms with Gasteiger partial charge in [-0.05, 0) is 33.8 Å². The minimum atomic E-state index is -1.27. The van der Waals surface area contributed by atoms with Crippen LogP contribution < -0.4 is 4.74 Å². The number of ketones is 1. The fourth-order valence-corrected chi connectivity index (χ4v) is 2.99. The predicted molar refractivity (Wildman–Crippen MR) is 87.3 cm³/mol. The molecule has 1 heterocycles. The van der Waals surface area contributed by atoms with E-state index in [0.29, 0.717) is 10.9 Å². The number of nitrogens with one attached hydrogen (secondary N) is 1. The number of hydrogen-bond donors (Lipinski definition) is 2. The van der Waals surface area contributed by atoms with Crippen molar-refractivity contribution in [1.82, 2.24) is 9.88 Å². The van der Waals surface area contributed by atoms with Crippen LogP contribution in [0.15, 0.2) is 18.3 Å². The summed E-state index contributed by atoms with van der Waals surface area (Å²) in [5, 5.41) is 11.0. The highest BCUT2D eigenvalue weighted by Gasteiger charge is 2.30. The summed E-state index contributed by atoms with van der Waals surface area (Å²) >= 11 is 0. The van der Waals surface area contributed by atoms with Crippen LogP contribution >= 0.6 is 0 Å². The number of ether oxygens (including phenoxy) is 1. The Bertz CT molecular complexity index is 701. The van der Waals surface area contributed by atoms with E-state index in [1.165, 1.54) is 25.4 Å². The van der Waals surface area contributed by atoms with Gasteiger partial charge in [0.15, 0.2) is 6.23 Å². The lowest BCUT2D eigenvalue weighted by molar-refractivity contribution is -0.0204. The number of halogens is 1. The molecular formula is C17H23FN2O3. The van der Waals surface area contributed by atoms with Gasteiger partial charge in [-0.2, -0.15) is 0 Å². The van der Waals surface area contributed by atoms with Gasteiger partial charge >= 0.3 is 0 Å². The van der Waals surface area contributed by atoms with Gasteiger partial charge in [-0.3, -0.25) is 9.69 Å². The first-order chi connectivity index (χ1) is 10.8. The van der Waals surface area contributed by atoms with Crippen LogP contribution in [-0.4, -0.2) is 46.2 Å². The monoisotopic (exact) mass is 322 g/mol. The SMILES string of the molecule is COc1cc(F)cc2[nH]cc(C(=O)C(O)N(C(C)C)C(C)C)c12. The molecule has 0 saturated heterocycles. The standard InChI is InChI=1S/C17H23FN2O3/c1-9(2)20(10(3)4)17(22)16(21)12-8-19-13-6-11(18)7-14(23-5)15(12)13/h6-10,17,19,22H,1-5H3. The maximum absolute atomic E-state index is 13.6. The molecule has 0 aliphatic rings. The van der Waals surface area contributed by atoms with E-state index < -0.39 is 17.8 Å². The number of hydrogen-bond acceptors (Lipinski definition) is 4. The van der Waals surface area contributed by atoms with E-state index in [1.807, 2.05) is 27.7 Å². The van der Waals surface area contributed by atoms with Gasteiger partial charge in [0.25, 0.3) is 0 Å². The third-order valence-electron chi connectivity index (χ3n) is 3.90. The first-order valence-electron chi connectivity index (χ1n) is 7.62. The highest BCUT2D eigenvalue weighted by molar-refractivity contribution is 6.11. The lowest BCUT2D eigenvalue weighted by Crippen LogP contribution is -2.49. The van der Waals surface area contributed by atoms with E-state index in [4.69, 9.17) is 4.74 Å². The van der Waals surface area contributed by atoms with Crippen molar-refractivity contribution in [2.75, 3.05) is 7.11 Å². The number of aromatic nitrogens is 1. The number of aromatic amines is 1. The molecule has 2 rings (SSSR count). The number of carbonyl (C=O) groups excluding carboxylic acids is 1. The third kappa shape index (κ3) is 3.23. The smallest absolute Gasteiger partial charge is 0.208 e. The Balaban J connectivity index is 2.49. The fourth-order valence-electron chi connectivity index (χ4n) is 2.99. The summed E-state index contributed by atoms with van der Waals surface area (Å²) < 4.78 is 18.7. The molecule has 0 aliphatic carbocycles. The molecule has 0 aliphatic heterocycles. The van der Waals surface area contributed by atoms with Gasteiger partial charge < -0.3 is 14.8 Å². The van der Waals surface area contributed by atoms with Crippen molar-refractivity contribution >= 4 is 16.7 Å². The Morgan fingerprint density at radius 1 is 1.26 bits per heavy atom. The van der Waals surface area contributed by atoms with Crippen LogP contribution in [0, 0.1) is 5.82 Å². The second kappa shape index (κ2) is 6.68. The van der Waals surface area contributed by atoms with Crippen LogP contribution in [-0.2, 0) is 0 Å². The summed E-state index contributed by atoms with van der Waals surface area (Å²) in [4.78, 5) is 17.3. The van der Waals surface area contributed by atoms with Gasteiger partial charge in [0.1, 0.15) is 11.6 Å². The Morgan fingerprint density at radius 3 is 2.39 bits per heavy atom. The van der Waals surface area contributed by atoms with E-state index in [2.05, 4.69) is 4.98 Å². The summed E-state index contributed by atoms with van der Waals surface area (Å²) in [6, 6.07) is 2.52. The molecule has 0 radical (unpaired) electrons. The zero-order valence-electron chi connectivity index (χ0n) is 14.1. The van der Waals surface area contributed by atoms with Crippen LogP contribution in [0.2, 0.25) is 0 Å². The van der Waals surface area contributed by atoms with E-state index in [-0.39, 0.29) is 23.4 Å². The molecule has 126 valence electrons. The number of fused-ring (bicyclic) bond motifs is 1. The van der Waals surface area contributed by atoms with Gasteiger partial charge in [0, 0.05) is 24.3 Å². The van der Waals surface area contributed by atoms with E-state index in [9.17, 15) is 14.3 Å². The van der Waals surface area contributed by atoms with Crippen molar-refractivity contribution in [2.24, 2.45) is 0 Å². The maximum atomic E-state index is 13.6. The second-order valence-corrected chi connectivity index (χ2v) is 6.11. The van der Waals surface area contributed by atoms with Gasteiger partial charge in [0.05, 0.1) is 23.6 Å². The fraction of sp³-hybridized carbons (Fsp3) is 0.471. The minimum Gasteiger partial charge on any atom is -0.496 e. The van der Waals surface area contributed by atoms with Crippen LogP contribution in [0.4, 0.5) is 4.39 Å². The van der Waals surface area contributed by atoms with Gasteiger partial charge in [-0.15, -0.1) is 0 Å². The van der Waals surface area contributed by atoms with Crippen molar-refractivity contribution in [1.29, 1.82) is 0 Å². The molecule has 1 atom stereocenters. The predicted octanol–water partition coefficient (Wildman–Crippen LogP) is 2.94. The minimum absolute atomic E-state index is 0.00139. The largest absolute Gasteiger partial charge is 0.496 e. The number of Topliss-reactive ketones (excluding diaryl/α,β-unsaturated/α-hetero) is 1. The third-order valence-corrected chi connectivity index (χ3v) is 3.90. The van der Waals surface area contributed by atoms with Crippen molar-refractivity contribution in [3.05, 3.63) is 29.7 Å². The molecule has 2 N–H and O–H groups in total. The Labute approximate surface area is 135 Å². The summed E-state index contributed by atoms with van der Waals surface area (Å²) in [6.45, 7) is 7.67. The Morgan fingerprint density at radius 2 is 1.87 bits per heavy atom. The highest BCUT2D eigenvalue weighted by Crippen LogP contribution is 2.31. The quantitative estimate of drug-likeness (QED) is 0.634. The van der Waals surface area contributed by atoms with E-state index in [0.717, 1.165) is 0 Å². The van der Waals surface area contributed by atoms with Crippen molar-refractivity contribution in [2.45, 2.75) is 46.0 Å². The van der Waals surface area contributed by atoms with Crippen LogP contribution in [0.3, 0.4) is 0 Å². The molecule has 1 aromatic heterocycles. The number of benzene rings is 1. The number of methoxy groups -OCH3 is 1. The molecule has 0 amide bonds. The lowest BCUT2D eigenvalue weighted by atomic mass is 10.0. The first kappa shape index (κ1) is 17.4. The van der Waals surface area contributed by atoms with Crippen molar-refractivity contribution in [3.8, 4) is 5.75 Å². The van der Waals surface area contributed by atoms with Crippen LogP contribution in [0.1, 0.15) is 38.1 Å². The lowest BCUT2D eigenvalue weighted by Gasteiger charge is -2.34. The summed E-state index contributed by atoms with van der Waals surface area (Å²) in [5.41, 5.74) is 0.744. The van der Waals surface area contributed by atoms with Gasteiger partial charge in [-0.1, -0.05) is 0 Å². The Kier molecular flexibility index (Phi) is 5.06. The van der Waals surface area contributed by atoms with Crippen LogP contribution in [0.25, 0.3) is 10.9 Å². The topological polar surface area (TPSA) is 65.6 Å². The molecule has 0 fully saturated rings. The average molecular weight is 322 g/mol. The van der Waals surface area contributed by atoms with Crippen LogP contribution in [0.5, 0.6) is 5.75 Å². The molecule has 5 nitrogen and oxygen atoms in total. The Hall–Kier alpha value is -1.92. The first-order valence-corrected chi connectivity index (χ1v) is 7.62. The number of carbonyl (C=O) groups is 1. The number of H-pyrrole nitrogens is 1. The summed E-state index contributed by atoms with van der Waals surface area (Å²) in [7, 11) is 1.42. The van der Waals surface area contributed by atoms with E-state index >= 15 is 0 Å². The molecule has 0 bridgehead atoms. The molecule has 2 aromatic rings. The summed E-state index contributed by atoms with van der Waals surface area (Å²) in [6.07, 6.45) is 0.209. The maximum Gasteiger partial charge on any atom is 0.208 e. The van der Waals surface area contributed by atoms with E-state index in [1.54, 1.807) is 4.90 Å². The normalized spacial score (nSPS) is 13.3. The molecule has 0 saturated carbocycles. The number of nitrogens with zero attached hydrogens (tertiary/aromatic N) is 1. The zero-order valence-corrected chi connectivity index (χ0v) is 14.1. The second-order valence-electron chi connectivity index (χ2n) is 6.11. The van der Waals surface area contributed by atoms with Crippen molar-refractivity contribution < 1.29 is 19.0 Å². The average Bonchev–Trinajstić information content (AvgIpc) is 2.88. The number of aliphatic hydroxyl groups excluding tert-OH is 1. The highest BCUT2D eigenvalue weighted by atomic mass is 19.1. The molecular weight excluding hydrogens is 299 g/mol.